The number of esters is 4. The van der Waals surface area contributed by atoms with Crippen molar-refractivity contribution >= 4 is 29.8 Å². The first-order chi connectivity index (χ1) is 14.8. The summed E-state index contributed by atoms with van der Waals surface area (Å²) >= 11 is 0. The highest BCUT2D eigenvalue weighted by atomic mass is 16.5. The van der Waals surface area contributed by atoms with E-state index < -0.39 is 41.3 Å². The van der Waals surface area contributed by atoms with Gasteiger partial charge >= 0.3 is 23.9 Å². The third kappa shape index (κ3) is 7.21. The van der Waals surface area contributed by atoms with Crippen molar-refractivity contribution in [3.8, 4) is 0 Å². The zero-order valence-electron chi connectivity index (χ0n) is 19.5. The van der Waals surface area contributed by atoms with E-state index in [0.29, 0.717) is 5.57 Å². The third-order valence-electron chi connectivity index (χ3n) is 4.78. The molecule has 0 radical (unpaired) electrons. The molecule has 2 unspecified atom stereocenters. The number of hydrogen-bond acceptors (Lipinski definition) is 9. The van der Waals surface area contributed by atoms with Crippen LogP contribution >= 0.6 is 0 Å². The second-order valence-electron chi connectivity index (χ2n) is 8.29. The maximum Gasteiger partial charge on any atom is 0.335 e. The number of nitrogens with one attached hydrogen (secondary N) is 1. The fraction of sp³-hybridized carbons (Fsp3) is 0.591. The maximum atomic E-state index is 12.4. The Balaban J connectivity index is 3.36. The lowest BCUT2D eigenvalue weighted by Gasteiger charge is -2.28. The van der Waals surface area contributed by atoms with Crippen LogP contribution < -0.4 is 5.32 Å². The molecule has 0 fully saturated rings. The highest BCUT2D eigenvalue weighted by Crippen LogP contribution is 2.33. The number of hydrogen-bond donors (Lipinski definition) is 1. The molecule has 0 heterocycles. The number of carbonyl (C=O) groups is 5. The van der Waals surface area contributed by atoms with Gasteiger partial charge in [0.15, 0.2) is 0 Å². The summed E-state index contributed by atoms with van der Waals surface area (Å²) in [5.41, 5.74) is -0.155. The Hall–Kier alpha value is -3.17. The van der Waals surface area contributed by atoms with Crippen LogP contribution in [0.3, 0.4) is 0 Å². The Bertz CT molecular complexity index is 833. The van der Waals surface area contributed by atoms with Crippen molar-refractivity contribution in [3.63, 3.8) is 0 Å². The molecule has 0 aromatic carbocycles. The molecule has 0 bridgehead atoms. The van der Waals surface area contributed by atoms with E-state index in [1.165, 1.54) is 28.3 Å². The number of rotatable bonds is 8. The third-order valence-corrected chi connectivity index (χ3v) is 4.78. The predicted octanol–water partition coefficient (Wildman–Crippen LogP) is 1.23. The normalized spacial score (nSPS) is 17.0. The minimum Gasteiger partial charge on any atom is -0.467 e. The highest BCUT2D eigenvalue weighted by molar-refractivity contribution is 6.02. The van der Waals surface area contributed by atoms with Crippen molar-refractivity contribution in [2.24, 2.45) is 11.3 Å². The van der Waals surface area contributed by atoms with E-state index in [1.54, 1.807) is 26.8 Å². The lowest BCUT2D eigenvalue weighted by molar-refractivity contribution is -0.146. The van der Waals surface area contributed by atoms with Crippen molar-refractivity contribution < 1.29 is 42.9 Å². The molecule has 0 saturated carbocycles. The van der Waals surface area contributed by atoms with Gasteiger partial charge in [-0.3, -0.25) is 9.59 Å². The largest absolute Gasteiger partial charge is 0.467 e. The average Bonchev–Trinajstić information content (AvgIpc) is 2.74. The number of carbonyl (C=O) groups excluding carboxylic acids is 5. The topological polar surface area (TPSA) is 134 Å². The first-order valence-electron chi connectivity index (χ1n) is 9.97. The van der Waals surface area contributed by atoms with Crippen molar-refractivity contribution in [1.29, 1.82) is 0 Å². The zero-order chi connectivity index (χ0) is 24.6. The predicted molar refractivity (Wildman–Crippen MR) is 112 cm³/mol. The summed E-state index contributed by atoms with van der Waals surface area (Å²) in [4.78, 5) is 60.9. The van der Waals surface area contributed by atoms with Crippen LogP contribution in [0.5, 0.6) is 0 Å². The summed E-state index contributed by atoms with van der Waals surface area (Å²) in [5.74, 6) is -3.91. The van der Waals surface area contributed by atoms with Gasteiger partial charge in [0, 0.05) is 24.7 Å². The van der Waals surface area contributed by atoms with Crippen LogP contribution in [0, 0.1) is 11.3 Å². The van der Waals surface area contributed by atoms with Gasteiger partial charge in [-0.25, -0.2) is 14.4 Å². The lowest BCUT2D eigenvalue weighted by atomic mass is 9.82. The molecule has 1 aliphatic rings. The van der Waals surface area contributed by atoms with Gasteiger partial charge in [0.1, 0.15) is 12.6 Å². The van der Waals surface area contributed by atoms with Crippen LogP contribution in [-0.4, -0.2) is 63.8 Å². The van der Waals surface area contributed by atoms with Gasteiger partial charge in [-0.1, -0.05) is 32.4 Å². The van der Waals surface area contributed by atoms with Crippen molar-refractivity contribution in [3.05, 3.63) is 22.8 Å². The number of amides is 1. The molecule has 1 aliphatic carbocycles. The van der Waals surface area contributed by atoms with E-state index in [-0.39, 0.29) is 36.5 Å². The van der Waals surface area contributed by atoms with Crippen molar-refractivity contribution in [2.45, 2.75) is 46.6 Å². The smallest absolute Gasteiger partial charge is 0.335 e. The highest BCUT2D eigenvalue weighted by Gasteiger charge is 2.35. The molecule has 10 nitrogen and oxygen atoms in total. The first-order valence-corrected chi connectivity index (χ1v) is 9.97. The van der Waals surface area contributed by atoms with E-state index >= 15 is 0 Å². The molecule has 1 amide bonds. The fourth-order valence-corrected chi connectivity index (χ4v) is 3.11. The Labute approximate surface area is 187 Å². The van der Waals surface area contributed by atoms with E-state index in [0.717, 1.165) is 0 Å². The Morgan fingerprint density at radius 1 is 1.03 bits per heavy atom. The molecule has 0 aromatic heterocycles. The van der Waals surface area contributed by atoms with Crippen LogP contribution in [-0.2, 0) is 42.9 Å². The SMILES string of the molecule is COC(=O)C1=C(C(=O)OC)C(COC(C)=O)C=C(CC(NC(=O)C(C)(C)C)C(=O)OC)C1. The van der Waals surface area contributed by atoms with E-state index in [9.17, 15) is 24.0 Å². The van der Waals surface area contributed by atoms with E-state index in [1.807, 2.05) is 0 Å². The average molecular weight is 453 g/mol. The molecule has 1 N–H and O–H groups in total. The van der Waals surface area contributed by atoms with Crippen molar-refractivity contribution in [2.75, 3.05) is 27.9 Å². The van der Waals surface area contributed by atoms with Crippen LogP contribution in [0.4, 0.5) is 0 Å². The van der Waals surface area contributed by atoms with Gasteiger partial charge in [0.2, 0.25) is 5.91 Å². The summed E-state index contributed by atoms with van der Waals surface area (Å²) in [5, 5.41) is 2.66. The first kappa shape index (κ1) is 26.9. The van der Waals surface area contributed by atoms with Crippen LogP contribution in [0.1, 0.15) is 40.5 Å². The summed E-state index contributed by atoms with van der Waals surface area (Å²) < 4.78 is 19.5. The molecular formula is C22H31NO9. The van der Waals surface area contributed by atoms with Crippen LogP contribution in [0.25, 0.3) is 0 Å². The van der Waals surface area contributed by atoms with Gasteiger partial charge in [-0.2, -0.15) is 0 Å². The molecule has 178 valence electrons. The summed E-state index contributed by atoms with van der Waals surface area (Å²) in [7, 11) is 3.54. The van der Waals surface area contributed by atoms with Gasteiger partial charge < -0.3 is 24.3 Å². The van der Waals surface area contributed by atoms with Gasteiger partial charge in [-0.15, -0.1) is 0 Å². The molecule has 0 aromatic rings. The Kier molecular flexibility index (Phi) is 9.61. The molecule has 2 atom stereocenters. The molecular weight excluding hydrogens is 422 g/mol. The van der Waals surface area contributed by atoms with Gasteiger partial charge in [0.05, 0.1) is 32.5 Å². The van der Waals surface area contributed by atoms with Crippen LogP contribution in [0.2, 0.25) is 0 Å². The Morgan fingerprint density at radius 2 is 1.62 bits per heavy atom. The second kappa shape index (κ2) is 11.4. The zero-order valence-corrected chi connectivity index (χ0v) is 19.5. The van der Waals surface area contributed by atoms with Gasteiger partial charge in [-0.05, 0) is 6.42 Å². The molecule has 0 spiro atoms. The molecule has 32 heavy (non-hydrogen) atoms. The Morgan fingerprint density at radius 3 is 2.09 bits per heavy atom. The summed E-state index contributed by atoms with van der Waals surface area (Å²) in [6.45, 7) is 6.09. The summed E-state index contributed by atoms with van der Waals surface area (Å²) in [6.07, 6.45) is 1.62. The van der Waals surface area contributed by atoms with Gasteiger partial charge in [0.25, 0.3) is 0 Å². The standard InChI is InChI=1S/C22H31NO9/c1-12(24)32-11-14-8-13(9-15(18(25)29-5)17(14)20(27)31-7)10-16(19(26)30-6)23-21(28)22(2,3)4/h8,14,16H,9-11H2,1-7H3,(H,23,28). The molecule has 0 aliphatic heterocycles. The summed E-state index contributed by atoms with van der Waals surface area (Å²) in [6, 6.07) is -1.02. The quantitative estimate of drug-likeness (QED) is 0.327. The monoisotopic (exact) mass is 453 g/mol. The van der Waals surface area contributed by atoms with Crippen LogP contribution in [0.15, 0.2) is 22.8 Å². The van der Waals surface area contributed by atoms with E-state index in [2.05, 4.69) is 5.32 Å². The van der Waals surface area contributed by atoms with Crippen molar-refractivity contribution in [1.82, 2.24) is 5.32 Å². The molecule has 0 saturated heterocycles. The lowest BCUT2D eigenvalue weighted by Crippen LogP contribution is -2.46. The fourth-order valence-electron chi connectivity index (χ4n) is 3.11. The second-order valence-corrected chi connectivity index (χ2v) is 8.29. The number of ether oxygens (including phenoxy) is 4. The molecule has 1 rings (SSSR count). The number of methoxy groups -OCH3 is 3. The minimum atomic E-state index is -1.02. The van der Waals surface area contributed by atoms with E-state index in [4.69, 9.17) is 18.9 Å². The molecule has 10 heteroatoms. The maximum absolute atomic E-state index is 12.4. The minimum absolute atomic E-state index is 0.0118.